The summed E-state index contributed by atoms with van der Waals surface area (Å²) in [5.74, 6) is -2.66. The predicted octanol–water partition coefficient (Wildman–Crippen LogP) is 3.93. The van der Waals surface area contributed by atoms with Crippen molar-refractivity contribution >= 4 is 0 Å². The number of hydrogen-bond donors (Lipinski definition) is 2. The summed E-state index contributed by atoms with van der Waals surface area (Å²) in [6.07, 6.45) is 2.61. The van der Waals surface area contributed by atoms with Gasteiger partial charge >= 0.3 is 0 Å². The van der Waals surface area contributed by atoms with Crippen molar-refractivity contribution in [2.75, 3.05) is 0 Å². The van der Waals surface area contributed by atoms with E-state index in [1.54, 1.807) is 0 Å². The minimum Gasteiger partial charge on any atom is -0.509 e. The van der Waals surface area contributed by atoms with Crippen LogP contribution < -0.4 is 0 Å². The van der Waals surface area contributed by atoms with E-state index in [1.807, 2.05) is 0 Å². The molecule has 1 aliphatic rings. The average Bonchev–Trinajstić information content (AvgIpc) is 2.21. The Morgan fingerprint density at radius 1 is 1.38 bits per heavy atom. The highest BCUT2D eigenvalue weighted by Gasteiger charge is 2.14. The molecule has 0 bridgehead atoms. The molecule has 0 aromatic heterocycles. The molecule has 2 nitrogen and oxygen atoms in total. The fraction of sp³-hybridized carbons (Fsp3) is 0.167. The second kappa shape index (κ2) is 4.79. The first kappa shape index (κ1) is 12.2. The van der Waals surface area contributed by atoms with Crippen molar-refractivity contribution in [3.05, 3.63) is 59.6 Å². The zero-order valence-corrected chi connectivity index (χ0v) is 8.63. The molecule has 86 valence electrons. The quantitative estimate of drug-likeness (QED) is 0.565. The number of rotatable bonds is 3. The first-order valence-corrected chi connectivity index (χ1v) is 4.64. The molecule has 1 rings (SSSR count). The van der Waals surface area contributed by atoms with E-state index in [4.69, 9.17) is 10.2 Å². The maximum atomic E-state index is 13.0. The highest BCUT2D eigenvalue weighted by molar-refractivity contribution is 5.45. The van der Waals surface area contributed by atoms with E-state index in [9.17, 15) is 8.78 Å². The number of aliphatic hydroxyl groups excluding tert-OH is 2. The van der Waals surface area contributed by atoms with E-state index < -0.39 is 17.4 Å². The molecule has 0 heterocycles. The van der Waals surface area contributed by atoms with Crippen LogP contribution in [-0.2, 0) is 0 Å². The van der Waals surface area contributed by atoms with Gasteiger partial charge in [-0.25, -0.2) is 8.78 Å². The van der Waals surface area contributed by atoms with Crippen LogP contribution in [0.15, 0.2) is 59.6 Å². The summed E-state index contributed by atoms with van der Waals surface area (Å²) in [7, 11) is 0. The van der Waals surface area contributed by atoms with Crippen molar-refractivity contribution in [3.8, 4) is 0 Å². The molecular formula is C12H12F2O2. The van der Waals surface area contributed by atoms with Gasteiger partial charge in [0.2, 0.25) is 0 Å². The van der Waals surface area contributed by atoms with Gasteiger partial charge in [0.15, 0.2) is 11.7 Å². The summed E-state index contributed by atoms with van der Waals surface area (Å²) < 4.78 is 26.0. The van der Waals surface area contributed by atoms with Crippen LogP contribution in [0.2, 0.25) is 0 Å². The summed E-state index contributed by atoms with van der Waals surface area (Å²) in [5, 5.41) is 17.8. The van der Waals surface area contributed by atoms with Gasteiger partial charge in [-0.15, -0.1) is 0 Å². The Hall–Kier alpha value is -1.84. The molecule has 0 saturated carbocycles. The highest BCUT2D eigenvalue weighted by Crippen LogP contribution is 2.28. The highest BCUT2D eigenvalue weighted by atomic mass is 19.1. The molecule has 16 heavy (non-hydrogen) atoms. The Morgan fingerprint density at radius 3 is 2.50 bits per heavy atom. The van der Waals surface area contributed by atoms with E-state index in [0.717, 1.165) is 12.2 Å². The largest absolute Gasteiger partial charge is 0.509 e. The number of halogens is 2. The Labute approximate surface area is 92.2 Å². The van der Waals surface area contributed by atoms with Gasteiger partial charge in [0.05, 0.1) is 0 Å². The summed E-state index contributed by atoms with van der Waals surface area (Å²) in [5.41, 5.74) is 0.724. The molecule has 0 fully saturated rings. The maximum absolute atomic E-state index is 13.0. The lowest BCUT2D eigenvalue weighted by Gasteiger charge is -2.12. The van der Waals surface area contributed by atoms with E-state index in [0.29, 0.717) is 12.0 Å². The summed E-state index contributed by atoms with van der Waals surface area (Å²) >= 11 is 0. The van der Waals surface area contributed by atoms with Crippen LogP contribution in [0.3, 0.4) is 0 Å². The van der Waals surface area contributed by atoms with Gasteiger partial charge in [0, 0.05) is 6.42 Å². The van der Waals surface area contributed by atoms with Gasteiger partial charge in [-0.3, -0.25) is 0 Å². The lowest BCUT2D eigenvalue weighted by atomic mass is 9.96. The second-order valence-electron chi connectivity index (χ2n) is 3.43. The smallest absolute Gasteiger partial charge is 0.164 e. The van der Waals surface area contributed by atoms with Gasteiger partial charge in [-0.05, 0) is 29.7 Å². The van der Waals surface area contributed by atoms with Gasteiger partial charge < -0.3 is 10.2 Å². The minimum absolute atomic E-state index is 0.159. The molecule has 0 radical (unpaired) electrons. The molecule has 0 atom stereocenters. The molecule has 0 amide bonds. The first-order chi connectivity index (χ1) is 7.41. The Morgan fingerprint density at radius 2 is 2.00 bits per heavy atom. The fourth-order valence-corrected chi connectivity index (χ4v) is 1.26. The third-order valence-corrected chi connectivity index (χ3v) is 2.20. The molecule has 4 heteroatoms. The van der Waals surface area contributed by atoms with Crippen LogP contribution in [0.1, 0.15) is 12.8 Å². The predicted molar refractivity (Wildman–Crippen MR) is 58.2 cm³/mol. The van der Waals surface area contributed by atoms with Crippen molar-refractivity contribution in [2.24, 2.45) is 0 Å². The lowest BCUT2D eigenvalue weighted by Crippen LogP contribution is -1.98. The van der Waals surface area contributed by atoms with Crippen LogP contribution in [0.25, 0.3) is 0 Å². The van der Waals surface area contributed by atoms with Crippen molar-refractivity contribution in [1.82, 2.24) is 0 Å². The Kier molecular flexibility index (Phi) is 3.66. The Bertz CT molecular complexity index is 428. The Balaban J connectivity index is 2.89. The molecule has 0 saturated heterocycles. The van der Waals surface area contributed by atoms with Gasteiger partial charge in [0.1, 0.15) is 11.5 Å². The second-order valence-corrected chi connectivity index (χ2v) is 3.43. The van der Waals surface area contributed by atoms with Crippen LogP contribution in [0.5, 0.6) is 0 Å². The zero-order valence-electron chi connectivity index (χ0n) is 8.63. The van der Waals surface area contributed by atoms with Crippen molar-refractivity contribution < 1.29 is 19.0 Å². The first-order valence-electron chi connectivity index (χ1n) is 4.64. The molecule has 0 aliphatic heterocycles. The lowest BCUT2D eigenvalue weighted by molar-refractivity contribution is 0.359. The van der Waals surface area contributed by atoms with Gasteiger partial charge in [0.25, 0.3) is 0 Å². The monoisotopic (exact) mass is 226 g/mol. The normalized spacial score (nSPS) is 17.1. The number of aliphatic hydroxyl groups is 2. The van der Waals surface area contributed by atoms with Crippen LogP contribution in [0, 0.1) is 0 Å². The fourth-order valence-electron chi connectivity index (χ4n) is 1.26. The van der Waals surface area contributed by atoms with Crippen molar-refractivity contribution in [2.45, 2.75) is 12.8 Å². The number of allylic oxidation sites excluding steroid dienone is 7. The molecule has 0 aromatic carbocycles. The standard InChI is InChI=1S/C12H12F2O2/c1-7(5-10(13)8(2)15)9-3-4-12(16)11(14)6-9/h5-6,15-16H,1-4H2/b10-5+. The third-order valence-electron chi connectivity index (χ3n) is 2.20. The average molecular weight is 226 g/mol. The van der Waals surface area contributed by atoms with E-state index >= 15 is 0 Å². The van der Waals surface area contributed by atoms with Crippen LogP contribution >= 0.6 is 0 Å². The summed E-state index contributed by atoms with van der Waals surface area (Å²) in [4.78, 5) is 0. The SMILES string of the molecule is C=C(/C=C(/F)C(=C)O)C1=CC(F)=C(O)CC1. The molecule has 0 aromatic rings. The topological polar surface area (TPSA) is 40.5 Å². The molecular weight excluding hydrogens is 214 g/mol. The van der Waals surface area contributed by atoms with E-state index in [-0.39, 0.29) is 17.8 Å². The van der Waals surface area contributed by atoms with E-state index in [2.05, 4.69) is 13.2 Å². The molecule has 2 N–H and O–H groups in total. The van der Waals surface area contributed by atoms with E-state index in [1.165, 1.54) is 0 Å². The summed E-state index contributed by atoms with van der Waals surface area (Å²) in [6.45, 7) is 6.56. The maximum Gasteiger partial charge on any atom is 0.164 e. The number of hydrogen-bond acceptors (Lipinski definition) is 2. The van der Waals surface area contributed by atoms with Crippen molar-refractivity contribution in [3.63, 3.8) is 0 Å². The van der Waals surface area contributed by atoms with Crippen molar-refractivity contribution in [1.29, 1.82) is 0 Å². The van der Waals surface area contributed by atoms with Crippen LogP contribution in [-0.4, -0.2) is 10.2 Å². The van der Waals surface area contributed by atoms with Gasteiger partial charge in [-0.1, -0.05) is 13.2 Å². The summed E-state index contributed by atoms with van der Waals surface area (Å²) in [6, 6.07) is 0. The zero-order chi connectivity index (χ0) is 12.3. The third kappa shape index (κ3) is 2.82. The van der Waals surface area contributed by atoms with Crippen LogP contribution in [0.4, 0.5) is 8.78 Å². The molecule has 0 unspecified atom stereocenters. The minimum atomic E-state index is -0.912. The van der Waals surface area contributed by atoms with Gasteiger partial charge in [-0.2, -0.15) is 0 Å². The molecule has 1 aliphatic carbocycles. The molecule has 0 spiro atoms.